The number of hydrogen-bond acceptors (Lipinski definition) is 13. The molecule has 0 unspecified atom stereocenters. The monoisotopic (exact) mass is 1130 g/mol. The lowest BCUT2D eigenvalue weighted by Gasteiger charge is -2.23. The number of anilines is 2. The quantitative estimate of drug-likeness (QED) is 0.123. The molecule has 2 aliphatic heterocycles. The van der Waals surface area contributed by atoms with Crippen LogP contribution in [0.25, 0.3) is 56.5 Å². The number of aromatic hydroxyl groups is 1. The fourth-order valence-electron chi connectivity index (χ4n) is 9.41. The van der Waals surface area contributed by atoms with E-state index in [1.165, 1.54) is 56.9 Å². The maximum absolute atomic E-state index is 10.2. The lowest BCUT2D eigenvalue weighted by Crippen LogP contribution is -2.23. The van der Waals surface area contributed by atoms with Gasteiger partial charge in [-0.1, -0.05) is 44.6 Å². The molecule has 0 radical (unpaired) electrons. The molecule has 2 fully saturated rings. The van der Waals surface area contributed by atoms with Gasteiger partial charge in [-0.15, -0.1) is 47.3 Å². The Morgan fingerprint density at radius 3 is 1.46 bits per heavy atom. The van der Waals surface area contributed by atoms with E-state index >= 15 is 0 Å². The third kappa shape index (κ3) is 11.2. The SMILES string of the molecule is BrB(Br)Br.Cc1ccc2nc(-c3ccc4c(c3)OCCO4)n(-c3ccnc(NC4CCCCC4)n3)c2c1.Oc1ccc2nc(-c3ccc4c(c3)OCCO4)n(-c3ccnc(NC4CCCCC4)n3)c2c1. The first kappa shape index (κ1) is 47.7. The highest BCUT2D eigenvalue weighted by Gasteiger charge is 2.23. The molecule has 3 N–H and O–H groups in total. The van der Waals surface area contributed by atoms with E-state index in [0.717, 1.165) is 74.9 Å². The van der Waals surface area contributed by atoms with Crippen molar-refractivity contribution >= 4 is 84.4 Å². The molecule has 6 heterocycles. The van der Waals surface area contributed by atoms with Crippen LogP contribution in [-0.4, -0.2) is 85.8 Å². The van der Waals surface area contributed by atoms with E-state index in [0.29, 0.717) is 67.8 Å². The predicted octanol–water partition coefficient (Wildman–Crippen LogP) is 12.2. The van der Waals surface area contributed by atoms with Crippen LogP contribution >= 0.6 is 47.3 Å². The van der Waals surface area contributed by atoms with Crippen LogP contribution in [0.2, 0.25) is 0 Å². The summed E-state index contributed by atoms with van der Waals surface area (Å²) in [6, 6.07) is 27.9. The van der Waals surface area contributed by atoms with E-state index in [1.807, 2.05) is 65.4 Å². The first-order valence-corrected chi connectivity index (χ1v) is 26.6. The Morgan fingerprint density at radius 1 is 0.529 bits per heavy atom. The van der Waals surface area contributed by atoms with E-state index in [-0.39, 0.29) is 8.93 Å². The molecule has 4 aromatic heterocycles. The summed E-state index contributed by atoms with van der Waals surface area (Å²) in [6.07, 6.45) is 15.8. The van der Waals surface area contributed by atoms with Crippen LogP contribution in [0.15, 0.2) is 97.3 Å². The van der Waals surface area contributed by atoms with Gasteiger partial charge in [-0.2, -0.15) is 9.97 Å². The highest BCUT2D eigenvalue weighted by molar-refractivity contribution is 9.69. The van der Waals surface area contributed by atoms with Gasteiger partial charge in [-0.05, 0) is 111 Å². The molecule has 0 spiro atoms. The Hall–Kier alpha value is -5.92. The van der Waals surface area contributed by atoms with Gasteiger partial charge < -0.3 is 34.7 Å². The molecule has 0 saturated heterocycles. The lowest BCUT2D eigenvalue weighted by atomic mass is 9.96. The van der Waals surface area contributed by atoms with E-state index in [2.05, 4.69) is 97.6 Å². The van der Waals surface area contributed by atoms with Crippen LogP contribution in [-0.2, 0) is 0 Å². The van der Waals surface area contributed by atoms with Crippen LogP contribution in [0.5, 0.6) is 28.7 Å². The van der Waals surface area contributed by atoms with Gasteiger partial charge in [-0.25, -0.2) is 19.9 Å². The number of phenols is 1. The van der Waals surface area contributed by atoms with Crippen LogP contribution < -0.4 is 29.6 Å². The first-order valence-electron chi connectivity index (χ1n) is 23.9. The summed E-state index contributed by atoms with van der Waals surface area (Å²) in [7, 11) is 0. The van der Waals surface area contributed by atoms with E-state index in [4.69, 9.17) is 38.9 Å². The number of fused-ring (bicyclic) bond motifs is 4. The number of nitrogens with one attached hydrogen (secondary N) is 2. The van der Waals surface area contributed by atoms with Gasteiger partial charge in [0.1, 0.15) is 55.5 Å². The average Bonchev–Trinajstić information content (AvgIpc) is 3.95. The Kier molecular flexibility index (Phi) is 15.0. The Bertz CT molecular complexity index is 2900. The van der Waals surface area contributed by atoms with Gasteiger partial charge in [0.25, 0.3) is 0 Å². The second-order valence-corrected chi connectivity index (χ2v) is 24.0. The van der Waals surface area contributed by atoms with Crippen molar-refractivity contribution in [2.45, 2.75) is 83.2 Å². The molecule has 2 aliphatic carbocycles. The summed E-state index contributed by atoms with van der Waals surface area (Å²) in [5.74, 6) is 7.38. The Morgan fingerprint density at radius 2 is 0.971 bits per heavy atom. The fourth-order valence-corrected chi connectivity index (χ4v) is 9.41. The van der Waals surface area contributed by atoms with Crippen molar-refractivity contribution < 1.29 is 24.1 Å². The zero-order valence-electron chi connectivity index (χ0n) is 38.7. The minimum Gasteiger partial charge on any atom is -0.508 e. The summed E-state index contributed by atoms with van der Waals surface area (Å²) < 4.78 is 27.3. The minimum absolute atomic E-state index is 0.173. The third-order valence-electron chi connectivity index (χ3n) is 12.7. The van der Waals surface area contributed by atoms with Crippen molar-refractivity contribution in [3.8, 4) is 63.2 Å². The lowest BCUT2D eigenvalue weighted by molar-refractivity contribution is 0.171. The summed E-state index contributed by atoms with van der Waals surface area (Å²) in [4.78, 5) is 28.6. The average molecular weight is 1140 g/mol. The number of benzene rings is 4. The molecule has 360 valence electrons. The summed E-state index contributed by atoms with van der Waals surface area (Å²) in [5.41, 5.74) is 6.46. The molecular weight excluding hydrogens is 1080 g/mol. The molecule has 4 aromatic carbocycles. The highest BCUT2D eigenvalue weighted by atomic mass is 79.9. The highest BCUT2D eigenvalue weighted by Crippen LogP contribution is 2.39. The number of aryl methyl sites for hydroxylation is 1. The first-order chi connectivity index (χ1) is 34.2. The van der Waals surface area contributed by atoms with E-state index < -0.39 is 0 Å². The molecular formula is C51H52BBr3N10O5. The van der Waals surface area contributed by atoms with Crippen molar-refractivity contribution in [2.75, 3.05) is 37.1 Å². The number of nitrogens with zero attached hydrogens (tertiary/aromatic N) is 8. The van der Waals surface area contributed by atoms with Crippen LogP contribution in [0, 0.1) is 6.92 Å². The van der Waals surface area contributed by atoms with Gasteiger partial charge in [0, 0.05) is 41.7 Å². The fraction of sp³-hybridized carbons (Fsp3) is 0.333. The molecule has 2 saturated carbocycles. The number of imidazole rings is 2. The minimum atomic E-state index is 0.173. The smallest absolute Gasteiger partial charge is 0.369 e. The second-order valence-electron chi connectivity index (χ2n) is 17.6. The topological polar surface area (TPSA) is 168 Å². The van der Waals surface area contributed by atoms with Crippen LogP contribution in [0.3, 0.4) is 0 Å². The summed E-state index contributed by atoms with van der Waals surface area (Å²) in [5, 5.41) is 17.2. The number of hydrogen-bond donors (Lipinski definition) is 3. The van der Waals surface area contributed by atoms with Gasteiger partial charge in [0.15, 0.2) is 23.0 Å². The van der Waals surface area contributed by atoms with Gasteiger partial charge >= 0.3 is 3.18 Å². The molecule has 15 nitrogen and oxygen atoms in total. The van der Waals surface area contributed by atoms with Crippen molar-refractivity contribution in [3.63, 3.8) is 0 Å². The number of phenolic OH excluding ortho intramolecular Hbond substituents is 1. The largest absolute Gasteiger partial charge is 0.508 e. The van der Waals surface area contributed by atoms with Crippen molar-refractivity contribution in [1.29, 1.82) is 0 Å². The normalized spacial score (nSPS) is 15.6. The molecule has 4 aliphatic rings. The molecule has 0 bridgehead atoms. The maximum atomic E-state index is 10.2. The molecule has 0 atom stereocenters. The zero-order valence-corrected chi connectivity index (χ0v) is 43.4. The van der Waals surface area contributed by atoms with E-state index in [1.54, 1.807) is 18.3 Å². The number of aromatic nitrogens is 8. The number of ether oxygens (including phenoxy) is 4. The van der Waals surface area contributed by atoms with Crippen molar-refractivity contribution in [1.82, 2.24) is 39.0 Å². The van der Waals surface area contributed by atoms with Gasteiger partial charge in [0.05, 0.1) is 22.1 Å². The second kappa shape index (κ2) is 22.0. The van der Waals surface area contributed by atoms with Crippen molar-refractivity contribution in [2.24, 2.45) is 0 Å². The Labute approximate surface area is 431 Å². The van der Waals surface area contributed by atoms with E-state index in [9.17, 15) is 5.11 Å². The third-order valence-corrected chi connectivity index (χ3v) is 12.7. The van der Waals surface area contributed by atoms with Gasteiger partial charge in [-0.3, -0.25) is 9.13 Å². The molecule has 70 heavy (non-hydrogen) atoms. The van der Waals surface area contributed by atoms with Crippen LogP contribution in [0.1, 0.15) is 69.8 Å². The van der Waals surface area contributed by atoms with Crippen molar-refractivity contribution in [3.05, 3.63) is 103 Å². The standard InChI is InChI=1S/C26H27N5O2.C25H25N5O3.BBr3/c1-17-7-9-20-21(15-17)31(24-11-12-27-26(30-24)28-19-5-3-2-4-6-19)25(29-20)18-8-10-22-23(16-18)33-14-13-32-22;31-18-7-8-19-20(15-18)30(23-10-11-26-25(29-23)27-17-4-2-1-3-5-17)24(28-19)16-6-9-21-22(14-16)33-13-12-32-21;2-1(3)4/h7-12,15-16,19H,2-6,13-14H2,1H3,(H,27,28,30);6-11,14-15,17,31H,1-5,12-13H2,(H,26,27,29);. The molecule has 8 aromatic rings. The molecule has 12 rings (SSSR count). The van der Waals surface area contributed by atoms with Gasteiger partial charge in [0.2, 0.25) is 11.9 Å². The summed E-state index contributed by atoms with van der Waals surface area (Å²) in [6.45, 7) is 4.28. The molecule has 0 amide bonds. The maximum Gasteiger partial charge on any atom is 0.369 e. The molecule has 19 heteroatoms. The number of halogens is 3. The number of rotatable bonds is 8. The Balaban J connectivity index is 0.000000151. The predicted molar refractivity (Wildman–Crippen MR) is 286 cm³/mol. The zero-order chi connectivity index (χ0) is 48.0. The van der Waals surface area contributed by atoms with Crippen LogP contribution in [0.4, 0.5) is 11.9 Å². The summed E-state index contributed by atoms with van der Waals surface area (Å²) >= 11 is 9.31.